The van der Waals surface area contributed by atoms with E-state index in [0.717, 1.165) is 0 Å². The van der Waals surface area contributed by atoms with Gasteiger partial charge >= 0.3 is 5.97 Å². The summed E-state index contributed by atoms with van der Waals surface area (Å²) < 4.78 is 4.96. The number of nitrogens with one attached hydrogen (secondary N) is 1. The molecule has 1 heterocycles. The Kier molecular flexibility index (Phi) is 4.75. The fraction of sp³-hybridized carbons (Fsp3) is 0.571. The van der Waals surface area contributed by atoms with E-state index in [1.807, 2.05) is 0 Å². The van der Waals surface area contributed by atoms with Gasteiger partial charge in [-0.15, -0.1) is 0 Å². The number of esters is 1. The van der Waals surface area contributed by atoms with E-state index in [4.69, 9.17) is 10.5 Å². The summed E-state index contributed by atoms with van der Waals surface area (Å²) in [5.74, 6) is 0.0989. The van der Waals surface area contributed by atoms with Crippen LogP contribution in [0, 0.1) is 5.41 Å². The first-order valence-electron chi connectivity index (χ1n) is 6.45. The Hall–Kier alpha value is -1.78. The molecule has 0 radical (unpaired) electrons. The first-order valence-corrected chi connectivity index (χ1v) is 6.45. The van der Waals surface area contributed by atoms with Gasteiger partial charge in [-0.05, 0) is 25.3 Å². The van der Waals surface area contributed by atoms with Crippen molar-refractivity contribution in [1.82, 2.24) is 4.98 Å². The molecule has 0 fully saturated rings. The lowest BCUT2D eigenvalue weighted by Gasteiger charge is -2.29. The molecule has 0 aliphatic heterocycles. The number of rotatable bonds is 4. The molecule has 1 rings (SSSR count). The lowest BCUT2D eigenvalue weighted by atomic mass is 9.88. The zero-order valence-corrected chi connectivity index (χ0v) is 12.3. The Morgan fingerprint density at radius 1 is 1.53 bits per heavy atom. The van der Waals surface area contributed by atoms with Crippen molar-refractivity contribution in [1.29, 1.82) is 0 Å². The van der Waals surface area contributed by atoms with Crippen molar-refractivity contribution in [3.05, 3.63) is 17.8 Å². The van der Waals surface area contributed by atoms with E-state index in [9.17, 15) is 4.79 Å². The Morgan fingerprint density at radius 3 is 2.68 bits per heavy atom. The van der Waals surface area contributed by atoms with Crippen molar-refractivity contribution in [3.8, 4) is 0 Å². The summed E-state index contributed by atoms with van der Waals surface area (Å²) >= 11 is 0. The van der Waals surface area contributed by atoms with Crippen LogP contribution in [0.2, 0.25) is 0 Å². The second-order valence-electron chi connectivity index (χ2n) is 5.57. The molecule has 1 aromatic rings. The summed E-state index contributed by atoms with van der Waals surface area (Å²) in [4.78, 5) is 15.9. The van der Waals surface area contributed by atoms with E-state index in [2.05, 4.69) is 38.0 Å². The summed E-state index contributed by atoms with van der Waals surface area (Å²) in [6.45, 7) is 10.5. The van der Waals surface area contributed by atoms with E-state index in [-0.39, 0.29) is 11.5 Å². The number of carbonyl (C=O) groups excluding carboxylic acids is 1. The molecule has 0 bridgehead atoms. The van der Waals surface area contributed by atoms with Gasteiger partial charge in [0, 0.05) is 12.2 Å². The van der Waals surface area contributed by atoms with Gasteiger partial charge in [0.15, 0.2) is 0 Å². The molecule has 0 saturated heterocycles. The summed E-state index contributed by atoms with van der Waals surface area (Å²) in [7, 11) is 0. The van der Waals surface area contributed by atoms with Gasteiger partial charge in [-0.2, -0.15) is 0 Å². The Bertz CT molecular complexity index is 452. The molecule has 0 saturated carbocycles. The first-order chi connectivity index (χ1) is 8.77. The predicted octanol–water partition coefficient (Wildman–Crippen LogP) is 2.69. The van der Waals surface area contributed by atoms with Crippen LogP contribution in [0.25, 0.3) is 0 Å². The van der Waals surface area contributed by atoms with E-state index in [1.54, 1.807) is 19.2 Å². The standard InChI is InChI=1S/C14H23N3O2/c1-6-19-13(18)10-7-8-16-12(11(10)15)17-9(2)14(3,4)5/h7-9H,6,15H2,1-5H3,(H,16,17). The zero-order chi connectivity index (χ0) is 14.6. The smallest absolute Gasteiger partial charge is 0.340 e. The third-order valence-electron chi connectivity index (χ3n) is 3.14. The lowest BCUT2D eigenvalue weighted by Crippen LogP contribution is -2.31. The largest absolute Gasteiger partial charge is 0.462 e. The molecular weight excluding hydrogens is 242 g/mol. The Morgan fingerprint density at radius 2 is 2.16 bits per heavy atom. The maximum Gasteiger partial charge on any atom is 0.340 e. The number of nitrogens with zero attached hydrogens (tertiary/aromatic N) is 1. The van der Waals surface area contributed by atoms with Gasteiger partial charge in [0.25, 0.3) is 0 Å². The molecule has 0 aromatic carbocycles. The topological polar surface area (TPSA) is 77.2 Å². The monoisotopic (exact) mass is 265 g/mol. The molecule has 0 spiro atoms. The van der Waals surface area contributed by atoms with Crippen LogP contribution >= 0.6 is 0 Å². The molecule has 5 heteroatoms. The molecule has 0 aliphatic carbocycles. The van der Waals surface area contributed by atoms with Gasteiger partial charge in [-0.1, -0.05) is 20.8 Å². The number of nitrogen functional groups attached to an aromatic ring is 1. The van der Waals surface area contributed by atoms with Crippen LogP contribution in [0.1, 0.15) is 45.0 Å². The minimum absolute atomic E-state index is 0.0635. The molecule has 0 amide bonds. The SMILES string of the molecule is CCOC(=O)c1ccnc(NC(C)C(C)(C)C)c1N. The van der Waals surface area contributed by atoms with Crippen molar-refractivity contribution in [3.63, 3.8) is 0 Å². The summed E-state index contributed by atoms with van der Waals surface area (Å²) in [6.07, 6.45) is 1.56. The van der Waals surface area contributed by atoms with E-state index >= 15 is 0 Å². The molecule has 5 nitrogen and oxygen atoms in total. The van der Waals surface area contributed by atoms with Crippen LogP contribution in [0.3, 0.4) is 0 Å². The average molecular weight is 265 g/mol. The highest BCUT2D eigenvalue weighted by Crippen LogP contribution is 2.26. The van der Waals surface area contributed by atoms with Crippen LogP contribution in [-0.2, 0) is 4.74 Å². The first kappa shape index (κ1) is 15.3. The van der Waals surface area contributed by atoms with Gasteiger partial charge in [0.2, 0.25) is 0 Å². The van der Waals surface area contributed by atoms with Crippen molar-refractivity contribution in [2.45, 2.75) is 40.7 Å². The molecule has 19 heavy (non-hydrogen) atoms. The van der Waals surface area contributed by atoms with Crippen LogP contribution in [0.5, 0.6) is 0 Å². The van der Waals surface area contributed by atoms with Gasteiger partial charge in [-0.3, -0.25) is 0 Å². The fourth-order valence-electron chi connectivity index (χ4n) is 1.40. The molecule has 1 unspecified atom stereocenters. The Balaban J connectivity index is 2.98. The number of hydrogen-bond acceptors (Lipinski definition) is 5. The normalized spacial score (nSPS) is 12.9. The molecule has 106 valence electrons. The number of nitrogens with two attached hydrogens (primary N) is 1. The van der Waals surface area contributed by atoms with Crippen LogP contribution in [-0.4, -0.2) is 23.6 Å². The molecule has 1 atom stereocenters. The van der Waals surface area contributed by atoms with Gasteiger partial charge in [-0.25, -0.2) is 9.78 Å². The van der Waals surface area contributed by atoms with Crippen molar-refractivity contribution >= 4 is 17.5 Å². The van der Waals surface area contributed by atoms with Crippen LogP contribution in [0.4, 0.5) is 11.5 Å². The summed E-state index contributed by atoms with van der Waals surface area (Å²) in [5, 5.41) is 3.24. The van der Waals surface area contributed by atoms with Crippen molar-refractivity contribution in [2.24, 2.45) is 5.41 Å². The van der Waals surface area contributed by atoms with Crippen LogP contribution < -0.4 is 11.1 Å². The zero-order valence-electron chi connectivity index (χ0n) is 12.3. The van der Waals surface area contributed by atoms with Crippen molar-refractivity contribution in [2.75, 3.05) is 17.7 Å². The van der Waals surface area contributed by atoms with E-state index < -0.39 is 5.97 Å². The minimum atomic E-state index is -0.422. The van der Waals surface area contributed by atoms with Crippen molar-refractivity contribution < 1.29 is 9.53 Å². The van der Waals surface area contributed by atoms with Gasteiger partial charge in [0.1, 0.15) is 5.82 Å². The number of hydrogen-bond donors (Lipinski definition) is 2. The van der Waals surface area contributed by atoms with E-state index in [1.165, 1.54) is 0 Å². The highest BCUT2D eigenvalue weighted by atomic mass is 16.5. The van der Waals surface area contributed by atoms with Gasteiger partial charge < -0.3 is 15.8 Å². The lowest BCUT2D eigenvalue weighted by molar-refractivity contribution is 0.0527. The average Bonchev–Trinajstić information content (AvgIpc) is 2.30. The Labute approximate surface area is 114 Å². The number of carbonyl (C=O) groups is 1. The highest BCUT2D eigenvalue weighted by molar-refractivity contribution is 5.97. The second-order valence-corrected chi connectivity index (χ2v) is 5.57. The fourth-order valence-corrected chi connectivity index (χ4v) is 1.40. The quantitative estimate of drug-likeness (QED) is 0.818. The molecule has 0 aliphatic rings. The number of anilines is 2. The third kappa shape index (κ3) is 3.84. The third-order valence-corrected chi connectivity index (χ3v) is 3.14. The summed E-state index contributed by atoms with van der Waals surface area (Å²) in [5.41, 5.74) is 6.72. The molecule has 1 aromatic heterocycles. The summed E-state index contributed by atoms with van der Waals surface area (Å²) in [6, 6.07) is 1.74. The van der Waals surface area contributed by atoms with E-state index in [0.29, 0.717) is 23.7 Å². The van der Waals surface area contributed by atoms with Gasteiger partial charge in [0.05, 0.1) is 17.9 Å². The maximum atomic E-state index is 11.7. The number of pyridine rings is 1. The number of aromatic nitrogens is 1. The molecular formula is C14H23N3O2. The molecule has 3 N–H and O–H groups in total. The maximum absolute atomic E-state index is 11.7. The predicted molar refractivity (Wildman–Crippen MR) is 77.1 cm³/mol. The number of ether oxygens (including phenoxy) is 1. The highest BCUT2D eigenvalue weighted by Gasteiger charge is 2.22. The van der Waals surface area contributed by atoms with Crippen LogP contribution in [0.15, 0.2) is 12.3 Å². The second kappa shape index (κ2) is 5.91. The minimum Gasteiger partial charge on any atom is -0.462 e.